The van der Waals surface area contributed by atoms with E-state index in [2.05, 4.69) is 0 Å². The van der Waals surface area contributed by atoms with Gasteiger partial charge in [0.25, 0.3) is 0 Å². The van der Waals surface area contributed by atoms with E-state index in [-0.39, 0.29) is 28.9 Å². The Morgan fingerprint density at radius 1 is 0.950 bits per heavy atom. The van der Waals surface area contributed by atoms with Crippen molar-refractivity contribution in [2.24, 2.45) is 17.8 Å². The minimum absolute atomic E-state index is 0.0412. The number of carboxylic acids is 1. The number of Topliss-reactive ketones (excluding diaryl/α,β-unsaturated/α-hetero) is 1. The molecule has 8 heteroatoms. The van der Waals surface area contributed by atoms with Gasteiger partial charge in [-0.2, -0.15) is 0 Å². The van der Waals surface area contributed by atoms with Crippen LogP contribution >= 0.6 is 10.5 Å². The molecule has 0 aliphatic heterocycles. The molecule has 4 aromatic rings. The van der Waals surface area contributed by atoms with Crippen molar-refractivity contribution >= 4 is 48.6 Å². The molecule has 2 unspecified atom stereocenters. The molecule has 4 saturated carbocycles. The molecule has 4 bridgehead atoms. The molecule has 2 atom stereocenters. The Kier molecular flexibility index (Phi) is 5.68. The summed E-state index contributed by atoms with van der Waals surface area (Å²) in [6, 6.07) is 17.4. The van der Waals surface area contributed by atoms with E-state index in [0.29, 0.717) is 35.0 Å². The van der Waals surface area contributed by atoms with Crippen LogP contribution in [0.3, 0.4) is 0 Å². The average molecular weight is 558 g/mol. The van der Waals surface area contributed by atoms with Crippen molar-refractivity contribution in [1.29, 1.82) is 0 Å². The standard InChI is InChI=1S/C32H28O7S/c1-17-28(38-31(36)39-32-14-18-11-19(15-32)27(33)20(12-18)16-32)24(37-2)13-23(30(34)35)29(17)40-25-9-5-3-7-21(25)22-8-4-6-10-26(22)40/h3-10,13,18-20H,11-12,14-16H2,1-2H3/p+1. The Morgan fingerprint density at radius 2 is 1.55 bits per heavy atom. The van der Waals surface area contributed by atoms with Gasteiger partial charge in [0.15, 0.2) is 20.9 Å². The lowest BCUT2D eigenvalue weighted by Gasteiger charge is -2.54. The summed E-state index contributed by atoms with van der Waals surface area (Å²) in [6.45, 7) is 1.77. The van der Waals surface area contributed by atoms with Crippen molar-refractivity contribution in [3.63, 3.8) is 0 Å². The first-order valence-electron chi connectivity index (χ1n) is 13.6. The number of ketones is 1. The van der Waals surface area contributed by atoms with E-state index in [0.717, 1.165) is 39.4 Å². The third-order valence-electron chi connectivity index (χ3n) is 9.01. The maximum absolute atomic E-state index is 13.3. The van der Waals surface area contributed by atoms with Crippen LogP contribution in [-0.4, -0.2) is 35.7 Å². The van der Waals surface area contributed by atoms with E-state index < -0.39 is 28.2 Å². The highest BCUT2D eigenvalue weighted by Gasteiger charge is 2.57. The number of benzene rings is 3. The van der Waals surface area contributed by atoms with E-state index in [1.807, 2.05) is 48.5 Å². The van der Waals surface area contributed by atoms with Gasteiger partial charge in [-0.1, -0.05) is 24.3 Å². The lowest BCUT2D eigenvalue weighted by atomic mass is 9.53. The fourth-order valence-electron chi connectivity index (χ4n) is 7.61. The van der Waals surface area contributed by atoms with Crippen molar-refractivity contribution < 1.29 is 33.7 Å². The Hall–Kier alpha value is -3.91. The number of hydrogen-bond donors (Lipinski definition) is 1. The first-order valence-corrected chi connectivity index (χ1v) is 14.8. The molecule has 0 spiro atoms. The Bertz CT molecular complexity index is 1660. The molecule has 0 radical (unpaired) electrons. The van der Waals surface area contributed by atoms with Gasteiger partial charge in [-0.05, 0) is 69.2 Å². The van der Waals surface area contributed by atoms with Gasteiger partial charge in [-0.15, -0.1) is 0 Å². The zero-order valence-corrected chi connectivity index (χ0v) is 23.1. The molecular weight excluding hydrogens is 528 g/mol. The highest BCUT2D eigenvalue weighted by molar-refractivity contribution is 7.50. The van der Waals surface area contributed by atoms with Gasteiger partial charge in [0.05, 0.1) is 12.7 Å². The SMILES string of the molecule is COc1cc(C(=O)O)c(-[s+]2c3ccccc3c3ccccc32)c(C)c1OC(=O)OC12CC3CC(C1)C(=O)C(C3)C2. The van der Waals surface area contributed by atoms with Crippen LogP contribution in [0, 0.1) is 24.7 Å². The predicted molar refractivity (Wildman–Crippen MR) is 152 cm³/mol. The summed E-state index contributed by atoms with van der Waals surface area (Å²) >= 11 is 0. The second-order valence-corrected chi connectivity index (χ2v) is 13.3. The van der Waals surface area contributed by atoms with Crippen molar-refractivity contribution in [2.45, 2.75) is 44.6 Å². The Morgan fingerprint density at radius 3 is 2.12 bits per heavy atom. The van der Waals surface area contributed by atoms with Crippen LogP contribution in [-0.2, 0) is 9.53 Å². The lowest BCUT2D eigenvalue weighted by molar-refractivity contribution is -0.164. The van der Waals surface area contributed by atoms with Gasteiger partial charge in [-0.25, -0.2) is 9.59 Å². The topological polar surface area (TPSA) is 99.1 Å². The van der Waals surface area contributed by atoms with E-state index in [4.69, 9.17) is 14.2 Å². The maximum Gasteiger partial charge on any atom is 0.514 e. The zero-order chi connectivity index (χ0) is 27.8. The molecule has 4 aliphatic carbocycles. The van der Waals surface area contributed by atoms with E-state index in [1.165, 1.54) is 13.2 Å². The van der Waals surface area contributed by atoms with E-state index in [9.17, 15) is 19.5 Å². The molecule has 3 aromatic carbocycles. The van der Waals surface area contributed by atoms with Gasteiger partial charge >= 0.3 is 12.1 Å². The zero-order valence-electron chi connectivity index (χ0n) is 22.3. The number of ether oxygens (including phenoxy) is 3. The van der Waals surface area contributed by atoms with Gasteiger partial charge in [0.2, 0.25) is 4.90 Å². The minimum atomic E-state index is -1.09. The molecule has 40 heavy (non-hydrogen) atoms. The van der Waals surface area contributed by atoms with Crippen LogP contribution in [0.4, 0.5) is 4.79 Å². The van der Waals surface area contributed by atoms with Crippen molar-refractivity contribution in [2.75, 3.05) is 7.11 Å². The predicted octanol–water partition coefficient (Wildman–Crippen LogP) is 7.41. The van der Waals surface area contributed by atoms with Crippen LogP contribution in [0.1, 0.15) is 48.0 Å². The molecule has 7 nitrogen and oxygen atoms in total. The van der Waals surface area contributed by atoms with Crippen LogP contribution in [0.25, 0.3) is 25.1 Å². The number of carbonyl (C=O) groups is 3. The number of carboxylic acid groups (broad SMARTS) is 1. The molecule has 204 valence electrons. The molecule has 1 heterocycles. The average Bonchev–Trinajstić information content (AvgIpc) is 3.26. The smallest absolute Gasteiger partial charge is 0.493 e. The first kappa shape index (κ1) is 25.1. The molecule has 1 aromatic heterocycles. The number of hydrogen-bond acceptors (Lipinski definition) is 6. The van der Waals surface area contributed by atoms with Crippen LogP contribution in [0.15, 0.2) is 54.6 Å². The largest absolute Gasteiger partial charge is 0.514 e. The second kappa shape index (κ2) is 9.06. The summed E-state index contributed by atoms with van der Waals surface area (Å²) in [5.41, 5.74) is -0.0638. The number of rotatable bonds is 5. The fraction of sp³-hybridized carbons (Fsp3) is 0.344. The van der Waals surface area contributed by atoms with E-state index in [1.54, 1.807) is 6.92 Å². The van der Waals surface area contributed by atoms with Crippen LogP contribution < -0.4 is 9.47 Å². The Labute approximate surface area is 233 Å². The number of thiophene rings is 1. The van der Waals surface area contributed by atoms with Crippen molar-refractivity contribution in [3.8, 4) is 16.4 Å². The third kappa shape index (κ3) is 3.73. The summed E-state index contributed by atoms with van der Waals surface area (Å²) in [5.74, 6) is -0.153. The molecule has 8 rings (SSSR count). The first-order chi connectivity index (χ1) is 19.3. The molecule has 0 amide bonds. The minimum Gasteiger partial charge on any atom is -0.493 e. The van der Waals surface area contributed by atoms with Crippen molar-refractivity contribution in [3.05, 3.63) is 65.7 Å². The van der Waals surface area contributed by atoms with Gasteiger partial charge in [0.1, 0.15) is 16.9 Å². The number of methoxy groups -OCH3 is 1. The van der Waals surface area contributed by atoms with Gasteiger partial charge < -0.3 is 19.3 Å². The molecule has 4 aliphatic rings. The highest BCUT2D eigenvalue weighted by Crippen LogP contribution is 2.56. The van der Waals surface area contributed by atoms with Crippen molar-refractivity contribution in [1.82, 2.24) is 0 Å². The number of carbonyl (C=O) groups excluding carboxylic acids is 2. The third-order valence-corrected chi connectivity index (χ3v) is 11.5. The summed E-state index contributed by atoms with van der Waals surface area (Å²) in [6.07, 6.45) is 2.76. The monoisotopic (exact) mass is 557 g/mol. The van der Waals surface area contributed by atoms with Gasteiger partial charge in [-0.3, -0.25) is 4.79 Å². The molecule has 4 fully saturated rings. The normalized spacial score (nSPS) is 24.9. The number of fused-ring (bicyclic) bond motifs is 3. The summed E-state index contributed by atoms with van der Waals surface area (Å²) in [5, 5.41) is 12.4. The highest BCUT2D eigenvalue weighted by atomic mass is 32.2. The second-order valence-electron chi connectivity index (χ2n) is 11.4. The molecule has 1 N–H and O–H groups in total. The van der Waals surface area contributed by atoms with Crippen LogP contribution in [0.5, 0.6) is 11.5 Å². The van der Waals surface area contributed by atoms with Crippen LogP contribution in [0.2, 0.25) is 0 Å². The quantitative estimate of drug-likeness (QED) is 0.155. The molecular formula is C32H29O7S+. The maximum atomic E-state index is 13.3. The summed E-state index contributed by atoms with van der Waals surface area (Å²) in [4.78, 5) is 39.1. The summed E-state index contributed by atoms with van der Waals surface area (Å²) in [7, 11) is 0.682. The Balaban J connectivity index is 1.33. The van der Waals surface area contributed by atoms with E-state index >= 15 is 0 Å². The fourth-order valence-corrected chi connectivity index (χ4v) is 10.3. The lowest BCUT2D eigenvalue weighted by Crippen LogP contribution is -2.57. The summed E-state index contributed by atoms with van der Waals surface area (Å²) < 4.78 is 19.5. The number of aromatic carboxylic acids is 1. The molecule has 0 saturated heterocycles. The van der Waals surface area contributed by atoms with Gasteiger partial charge in [0, 0.05) is 39.1 Å².